The highest BCUT2D eigenvalue weighted by Crippen LogP contribution is 2.36. The second-order valence-corrected chi connectivity index (χ2v) is 7.91. The van der Waals surface area contributed by atoms with Crippen LogP contribution in [0.15, 0.2) is 33.8 Å². The zero-order chi connectivity index (χ0) is 15.6. The average molecular weight is 386 g/mol. The van der Waals surface area contributed by atoms with Gasteiger partial charge in [0.1, 0.15) is 11.2 Å². The second-order valence-electron chi connectivity index (χ2n) is 5.91. The van der Waals surface area contributed by atoms with Crippen LogP contribution in [0.4, 0.5) is 0 Å². The number of hydrogen-bond donors (Lipinski definition) is 0. The van der Waals surface area contributed by atoms with Gasteiger partial charge in [-0.15, -0.1) is 11.3 Å². The van der Waals surface area contributed by atoms with Crippen LogP contribution in [-0.2, 0) is 12.8 Å². The maximum Gasteiger partial charge on any atom is 0.267 e. The van der Waals surface area contributed by atoms with E-state index in [0.29, 0.717) is 5.39 Å². The van der Waals surface area contributed by atoms with Gasteiger partial charge in [0.25, 0.3) is 5.56 Å². The van der Waals surface area contributed by atoms with E-state index >= 15 is 0 Å². The maximum atomic E-state index is 12.8. The molecule has 5 rings (SSSR count). The Balaban J connectivity index is 2.01. The number of nitrogens with zero attached hydrogens (tertiary/aromatic N) is 3. The summed E-state index contributed by atoms with van der Waals surface area (Å²) in [6.45, 7) is 0. The molecule has 0 aliphatic heterocycles. The van der Waals surface area contributed by atoms with Gasteiger partial charge in [0.15, 0.2) is 5.65 Å². The number of thiophene rings is 1. The molecule has 3 heterocycles. The summed E-state index contributed by atoms with van der Waals surface area (Å²) >= 11 is 5.18. The van der Waals surface area contributed by atoms with Gasteiger partial charge in [-0.3, -0.25) is 4.79 Å². The van der Waals surface area contributed by atoms with Crippen molar-refractivity contribution in [1.82, 2.24) is 14.4 Å². The monoisotopic (exact) mass is 385 g/mol. The minimum Gasteiger partial charge on any atom is -0.268 e. The Hall–Kier alpha value is -1.79. The molecule has 6 heteroatoms. The second kappa shape index (κ2) is 4.85. The van der Waals surface area contributed by atoms with Crippen molar-refractivity contribution >= 4 is 54.0 Å². The number of benzene rings is 1. The zero-order valence-corrected chi connectivity index (χ0v) is 14.6. The fraction of sp³-hybridized carbons (Fsp3) is 0.235. The summed E-state index contributed by atoms with van der Waals surface area (Å²) in [6.07, 6.45) is 6.24. The standard InChI is InChI=1S/C17H12BrN3OS/c18-9-5-6-12-11(7-9)17(22)21-8-19-16-14(15(21)20-12)10-3-1-2-4-13(10)23-16/h5-8H,1-4H2. The molecule has 0 spiro atoms. The molecule has 0 N–H and O–H groups in total. The van der Waals surface area contributed by atoms with Gasteiger partial charge in [-0.05, 0) is 49.4 Å². The van der Waals surface area contributed by atoms with Gasteiger partial charge in [0.05, 0.1) is 16.3 Å². The fourth-order valence-corrected chi connectivity index (χ4v) is 5.02. The van der Waals surface area contributed by atoms with Crippen LogP contribution in [-0.4, -0.2) is 14.4 Å². The molecule has 23 heavy (non-hydrogen) atoms. The summed E-state index contributed by atoms with van der Waals surface area (Å²) in [7, 11) is 0. The molecule has 0 radical (unpaired) electrons. The lowest BCUT2D eigenvalue weighted by molar-refractivity contribution is 0.700. The topological polar surface area (TPSA) is 47.3 Å². The normalized spacial score (nSPS) is 14.7. The lowest BCUT2D eigenvalue weighted by atomic mass is 9.97. The third-order valence-corrected chi connectivity index (χ3v) is 6.22. The number of rotatable bonds is 0. The van der Waals surface area contributed by atoms with Crippen LogP contribution in [0.1, 0.15) is 23.3 Å². The Labute approximate surface area is 143 Å². The fourth-order valence-electron chi connectivity index (χ4n) is 3.44. The van der Waals surface area contributed by atoms with E-state index < -0.39 is 0 Å². The van der Waals surface area contributed by atoms with E-state index in [9.17, 15) is 4.79 Å². The largest absolute Gasteiger partial charge is 0.268 e. The zero-order valence-electron chi connectivity index (χ0n) is 12.2. The SMILES string of the molecule is O=c1c2cc(Br)ccc2nc2c3c4c(sc3ncn12)CCCC4. The number of fused-ring (bicyclic) bond motifs is 6. The quantitative estimate of drug-likeness (QED) is 0.428. The molecule has 0 bridgehead atoms. The van der Waals surface area contributed by atoms with Crippen molar-refractivity contribution in [3.8, 4) is 0 Å². The summed E-state index contributed by atoms with van der Waals surface area (Å²) < 4.78 is 2.48. The summed E-state index contributed by atoms with van der Waals surface area (Å²) in [6, 6.07) is 5.64. The van der Waals surface area contributed by atoms with Crippen LogP contribution in [0.5, 0.6) is 0 Å². The highest BCUT2D eigenvalue weighted by Gasteiger charge is 2.20. The smallest absolute Gasteiger partial charge is 0.267 e. The predicted molar refractivity (Wildman–Crippen MR) is 96.5 cm³/mol. The Bertz CT molecular complexity index is 1160. The van der Waals surface area contributed by atoms with E-state index in [1.165, 1.54) is 23.3 Å². The lowest BCUT2D eigenvalue weighted by Gasteiger charge is -2.11. The van der Waals surface area contributed by atoms with Gasteiger partial charge in [0.2, 0.25) is 0 Å². The van der Waals surface area contributed by atoms with Gasteiger partial charge in [0, 0.05) is 9.35 Å². The average Bonchev–Trinajstić information content (AvgIpc) is 2.94. The number of halogens is 1. The van der Waals surface area contributed by atoms with Crippen LogP contribution < -0.4 is 5.56 Å². The minimum absolute atomic E-state index is 0.0588. The van der Waals surface area contributed by atoms with E-state index in [1.807, 2.05) is 18.2 Å². The van der Waals surface area contributed by atoms with E-state index in [1.54, 1.807) is 22.1 Å². The van der Waals surface area contributed by atoms with Crippen molar-refractivity contribution in [3.05, 3.63) is 49.8 Å². The maximum absolute atomic E-state index is 12.8. The highest BCUT2D eigenvalue weighted by molar-refractivity contribution is 9.10. The first-order valence-corrected chi connectivity index (χ1v) is 9.24. The van der Waals surface area contributed by atoms with Crippen molar-refractivity contribution in [2.75, 3.05) is 0 Å². The first-order chi connectivity index (χ1) is 11.2. The molecule has 0 fully saturated rings. The molecule has 1 aromatic carbocycles. The molecule has 0 atom stereocenters. The minimum atomic E-state index is -0.0588. The Kier molecular flexibility index (Phi) is 2.87. The Morgan fingerprint density at radius 2 is 2.09 bits per heavy atom. The molecule has 0 amide bonds. The summed E-state index contributed by atoms with van der Waals surface area (Å²) in [5.74, 6) is 0. The van der Waals surface area contributed by atoms with E-state index in [-0.39, 0.29) is 5.56 Å². The summed E-state index contributed by atoms with van der Waals surface area (Å²) in [5, 5.41) is 1.69. The molecular formula is C17H12BrN3OS. The molecule has 114 valence electrons. The van der Waals surface area contributed by atoms with E-state index in [2.05, 4.69) is 20.9 Å². The first-order valence-electron chi connectivity index (χ1n) is 7.63. The van der Waals surface area contributed by atoms with Crippen LogP contribution in [0.25, 0.3) is 26.8 Å². The van der Waals surface area contributed by atoms with Gasteiger partial charge >= 0.3 is 0 Å². The molecule has 3 aromatic heterocycles. The molecule has 0 saturated carbocycles. The third-order valence-electron chi connectivity index (χ3n) is 4.53. The van der Waals surface area contributed by atoms with Crippen LogP contribution in [0.2, 0.25) is 0 Å². The lowest BCUT2D eigenvalue weighted by Crippen LogP contribution is -2.16. The van der Waals surface area contributed by atoms with E-state index in [4.69, 9.17) is 4.98 Å². The van der Waals surface area contributed by atoms with Gasteiger partial charge in [-0.2, -0.15) is 0 Å². The molecular weight excluding hydrogens is 374 g/mol. The van der Waals surface area contributed by atoms with Crippen LogP contribution in [0, 0.1) is 0 Å². The van der Waals surface area contributed by atoms with Crippen LogP contribution >= 0.6 is 27.3 Å². The molecule has 4 aromatic rings. The van der Waals surface area contributed by atoms with Gasteiger partial charge in [-0.25, -0.2) is 14.4 Å². The highest BCUT2D eigenvalue weighted by atomic mass is 79.9. The van der Waals surface area contributed by atoms with E-state index in [0.717, 1.165) is 38.7 Å². The number of aryl methyl sites for hydroxylation is 2. The van der Waals surface area contributed by atoms with Crippen molar-refractivity contribution in [3.63, 3.8) is 0 Å². The van der Waals surface area contributed by atoms with Crippen molar-refractivity contribution in [1.29, 1.82) is 0 Å². The van der Waals surface area contributed by atoms with Crippen molar-refractivity contribution in [2.24, 2.45) is 0 Å². The first kappa shape index (κ1) is 13.6. The summed E-state index contributed by atoms with van der Waals surface area (Å²) in [5.41, 5.74) is 2.78. The van der Waals surface area contributed by atoms with Crippen molar-refractivity contribution < 1.29 is 0 Å². The number of aromatic nitrogens is 3. The third kappa shape index (κ3) is 1.91. The molecule has 0 unspecified atom stereocenters. The molecule has 1 aliphatic rings. The molecule has 1 aliphatic carbocycles. The predicted octanol–water partition coefficient (Wildman–Crippen LogP) is 4.10. The van der Waals surface area contributed by atoms with Crippen LogP contribution in [0.3, 0.4) is 0 Å². The number of hydrogen-bond acceptors (Lipinski definition) is 4. The molecule has 0 saturated heterocycles. The Morgan fingerprint density at radius 3 is 3.00 bits per heavy atom. The van der Waals surface area contributed by atoms with Crippen molar-refractivity contribution in [2.45, 2.75) is 25.7 Å². The van der Waals surface area contributed by atoms with Gasteiger partial charge < -0.3 is 0 Å². The van der Waals surface area contributed by atoms with Gasteiger partial charge in [-0.1, -0.05) is 15.9 Å². The molecule has 4 nitrogen and oxygen atoms in total. The Morgan fingerprint density at radius 1 is 1.22 bits per heavy atom. The summed E-state index contributed by atoms with van der Waals surface area (Å²) in [4.78, 5) is 24.6.